The number of carbonyl (C=O) groups excluding carboxylic acids is 2. The van der Waals surface area contributed by atoms with E-state index in [1.165, 1.54) is 0 Å². The van der Waals surface area contributed by atoms with Gasteiger partial charge in [0.25, 0.3) is 0 Å². The zero-order chi connectivity index (χ0) is 9.14. The number of primary amides is 1. The molecule has 0 fully saturated rings. The zero-order valence-corrected chi connectivity index (χ0v) is 6.37. The molecule has 1 aliphatic carbocycles. The quantitative estimate of drug-likeness (QED) is 0.599. The molecule has 0 atom stereocenters. The molecule has 0 heterocycles. The largest absolute Gasteiger partial charge is 0.366 e. The van der Waals surface area contributed by atoms with E-state index < -0.39 is 11.8 Å². The molecule has 12 heavy (non-hydrogen) atoms. The maximum atomic E-state index is 10.8. The fourth-order valence-corrected chi connectivity index (χ4v) is 1.31. The van der Waals surface area contributed by atoms with Crippen molar-refractivity contribution < 1.29 is 9.59 Å². The molecule has 0 saturated heterocycles. The Hall–Kier alpha value is -1.52. The van der Waals surface area contributed by atoms with Crippen LogP contribution in [0, 0.1) is 4.91 Å². The van der Waals surface area contributed by atoms with Gasteiger partial charge >= 0.3 is 5.91 Å². The first-order valence-corrected chi connectivity index (χ1v) is 3.56. The summed E-state index contributed by atoms with van der Waals surface area (Å²) in [6.07, 6.45) is 1.60. The fraction of sp³-hybridized carbons (Fsp3) is 0.429. The first-order chi connectivity index (χ1) is 5.66. The van der Waals surface area contributed by atoms with Crippen LogP contribution >= 0.6 is 0 Å². The van der Waals surface area contributed by atoms with Crippen LogP contribution in [0.5, 0.6) is 0 Å². The van der Waals surface area contributed by atoms with Crippen LogP contribution in [0.15, 0.2) is 16.3 Å². The molecule has 0 bridgehead atoms. The highest BCUT2D eigenvalue weighted by Gasteiger charge is 2.24. The second-order valence-electron chi connectivity index (χ2n) is 2.57. The second kappa shape index (κ2) is 3.25. The van der Waals surface area contributed by atoms with E-state index in [2.05, 4.69) is 5.18 Å². The lowest BCUT2D eigenvalue weighted by atomic mass is 10.1. The van der Waals surface area contributed by atoms with Gasteiger partial charge in [-0.25, -0.2) is 0 Å². The van der Waals surface area contributed by atoms with Gasteiger partial charge in [0.15, 0.2) is 0 Å². The Labute approximate surface area is 68.6 Å². The molecule has 0 unspecified atom stereocenters. The van der Waals surface area contributed by atoms with Crippen molar-refractivity contribution in [2.75, 3.05) is 0 Å². The molecule has 0 radical (unpaired) electrons. The van der Waals surface area contributed by atoms with E-state index in [4.69, 9.17) is 5.73 Å². The first kappa shape index (κ1) is 8.58. The standard InChI is InChI=1S/C7H8N2O3/c8-6(10)4-2-1-3-5(4)7(11)9-12/h1-3H2,(H2,8,10). The van der Waals surface area contributed by atoms with E-state index in [1.54, 1.807) is 0 Å². The number of nitrogens with two attached hydrogens (primary N) is 1. The number of hydrogen-bond acceptors (Lipinski definition) is 3. The van der Waals surface area contributed by atoms with E-state index in [1.807, 2.05) is 0 Å². The van der Waals surface area contributed by atoms with Crippen LogP contribution in [-0.2, 0) is 9.59 Å². The van der Waals surface area contributed by atoms with Crippen LogP contribution in [-0.4, -0.2) is 11.8 Å². The predicted molar refractivity (Wildman–Crippen MR) is 40.9 cm³/mol. The third kappa shape index (κ3) is 1.39. The smallest absolute Gasteiger partial charge is 0.313 e. The fourth-order valence-electron chi connectivity index (χ4n) is 1.31. The molecular formula is C7H8N2O3. The van der Waals surface area contributed by atoms with Gasteiger partial charge in [0.2, 0.25) is 5.91 Å². The van der Waals surface area contributed by atoms with Gasteiger partial charge in [0.05, 0.1) is 0 Å². The molecule has 0 saturated carbocycles. The molecule has 1 aliphatic rings. The molecule has 2 N–H and O–H groups in total. The van der Waals surface area contributed by atoms with Gasteiger partial charge in [-0.1, -0.05) is 0 Å². The number of nitrogens with zero attached hydrogens (tertiary/aromatic N) is 1. The Morgan fingerprint density at radius 1 is 1.25 bits per heavy atom. The molecule has 5 nitrogen and oxygen atoms in total. The third-order valence-corrected chi connectivity index (χ3v) is 1.86. The van der Waals surface area contributed by atoms with Crippen LogP contribution in [0.3, 0.4) is 0 Å². The van der Waals surface area contributed by atoms with Crippen molar-refractivity contribution in [2.45, 2.75) is 19.3 Å². The lowest BCUT2D eigenvalue weighted by molar-refractivity contribution is -0.117. The SMILES string of the molecule is NC(=O)C1=C(C(=O)N=O)CCC1. The lowest BCUT2D eigenvalue weighted by Gasteiger charge is -1.95. The van der Waals surface area contributed by atoms with Gasteiger partial charge in [-0.3, -0.25) is 9.59 Å². The van der Waals surface area contributed by atoms with Crippen LogP contribution in [0.2, 0.25) is 0 Å². The molecule has 0 spiro atoms. The summed E-state index contributed by atoms with van der Waals surface area (Å²) in [7, 11) is 0. The van der Waals surface area contributed by atoms with Gasteiger partial charge in [0, 0.05) is 16.3 Å². The summed E-state index contributed by atoms with van der Waals surface area (Å²) < 4.78 is 0. The molecule has 1 rings (SSSR count). The monoisotopic (exact) mass is 168 g/mol. The van der Waals surface area contributed by atoms with Crippen molar-refractivity contribution in [3.05, 3.63) is 16.1 Å². The average Bonchev–Trinajstić information content (AvgIpc) is 2.50. The van der Waals surface area contributed by atoms with Crippen LogP contribution in [0.1, 0.15) is 19.3 Å². The Balaban J connectivity index is 2.98. The molecule has 0 aromatic carbocycles. The number of carbonyl (C=O) groups is 2. The third-order valence-electron chi connectivity index (χ3n) is 1.86. The zero-order valence-electron chi connectivity index (χ0n) is 6.37. The maximum Gasteiger partial charge on any atom is 0.313 e. The second-order valence-corrected chi connectivity index (χ2v) is 2.57. The van der Waals surface area contributed by atoms with Crippen LogP contribution in [0.25, 0.3) is 0 Å². The normalized spacial score (nSPS) is 16.3. The summed E-state index contributed by atoms with van der Waals surface area (Å²) in [4.78, 5) is 31.4. The highest BCUT2D eigenvalue weighted by molar-refractivity contribution is 6.05. The van der Waals surface area contributed by atoms with Crippen molar-refractivity contribution in [1.82, 2.24) is 0 Å². The van der Waals surface area contributed by atoms with E-state index in [0.717, 1.165) is 0 Å². The summed E-state index contributed by atoms with van der Waals surface area (Å²) in [6.45, 7) is 0. The van der Waals surface area contributed by atoms with Gasteiger partial charge in [-0.15, -0.1) is 4.91 Å². The molecule has 0 aromatic heterocycles. The van der Waals surface area contributed by atoms with Crippen molar-refractivity contribution in [1.29, 1.82) is 0 Å². The van der Waals surface area contributed by atoms with Gasteiger partial charge in [-0.05, 0) is 19.3 Å². The first-order valence-electron chi connectivity index (χ1n) is 3.56. The minimum absolute atomic E-state index is 0.192. The minimum Gasteiger partial charge on any atom is -0.366 e. The van der Waals surface area contributed by atoms with Crippen molar-refractivity contribution in [3.8, 4) is 0 Å². The molecule has 64 valence electrons. The highest BCUT2D eigenvalue weighted by Crippen LogP contribution is 2.26. The molecular weight excluding hydrogens is 160 g/mol. The summed E-state index contributed by atoms with van der Waals surface area (Å²) in [6, 6.07) is 0. The number of hydrogen-bond donors (Lipinski definition) is 1. The van der Waals surface area contributed by atoms with Gasteiger partial charge in [0.1, 0.15) is 0 Å². The summed E-state index contributed by atoms with van der Waals surface area (Å²) >= 11 is 0. The minimum atomic E-state index is -0.860. The van der Waals surface area contributed by atoms with Crippen molar-refractivity contribution >= 4 is 11.8 Å². The average molecular weight is 168 g/mol. The Morgan fingerprint density at radius 2 is 1.83 bits per heavy atom. The Morgan fingerprint density at radius 3 is 2.33 bits per heavy atom. The summed E-state index contributed by atoms with van der Waals surface area (Å²) in [5.41, 5.74) is 5.44. The number of rotatable bonds is 2. The Bertz CT molecular complexity index is 280. The van der Waals surface area contributed by atoms with E-state index in [9.17, 15) is 14.5 Å². The van der Waals surface area contributed by atoms with Gasteiger partial charge < -0.3 is 5.73 Å². The molecule has 0 aliphatic heterocycles. The summed E-state index contributed by atoms with van der Waals surface area (Å²) in [5, 5.41) is 2.25. The highest BCUT2D eigenvalue weighted by atomic mass is 16.3. The van der Waals surface area contributed by atoms with Crippen molar-refractivity contribution in [3.63, 3.8) is 0 Å². The Kier molecular flexibility index (Phi) is 2.32. The number of amides is 2. The molecule has 0 aromatic rings. The van der Waals surface area contributed by atoms with E-state index >= 15 is 0 Å². The predicted octanol–water partition coefficient (Wildman–Crippen LogP) is 0.245. The molecule has 2 amide bonds. The van der Waals surface area contributed by atoms with E-state index in [0.29, 0.717) is 19.3 Å². The maximum absolute atomic E-state index is 10.8. The van der Waals surface area contributed by atoms with E-state index in [-0.39, 0.29) is 11.1 Å². The topological polar surface area (TPSA) is 89.6 Å². The summed E-state index contributed by atoms with van der Waals surface area (Å²) in [5.74, 6) is -1.49. The van der Waals surface area contributed by atoms with Crippen LogP contribution < -0.4 is 5.73 Å². The molecule has 5 heteroatoms. The van der Waals surface area contributed by atoms with Crippen molar-refractivity contribution in [2.24, 2.45) is 10.9 Å². The lowest BCUT2D eigenvalue weighted by Crippen LogP contribution is -2.15. The number of nitroso groups, excluding NO2 is 1. The van der Waals surface area contributed by atoms with Crippen LogP contribution in [0.4, 0.5) is 0 Å². The van der Waals surface area contributed by atoms with Gasteiger partial charge in [-0.2, -0.15) is 0 Å².